The van der Waals surface area contributed by atoms with Gasteiger partial charge < -0.3 is 4.74 Å². The maximum atomic E-state index is 12.2. The van der Waals surface area contributed by atoms with Gasteiger partial charge in [0, 0.05) is 17.1 Å². The zero-order valence-corrected chi connectivity index (χ0v) is 15.2. The van der Waals surface area contributed by atoms with E-state index >= 15 is 0 Å². The fourth-order valence-electron chi connectivity index (χ4n) is 2.60. The Hall–Kier alpha value is -1.65. The lowest BCUT2D eigenvalue weighted by atomic mass is 10.0. The van der Waals surface area contributed by atoms with Crippen LogP contribution in [0.15, 0.2) is 70.5 Å². The van der Waals surface area contributed by atoms with E-state index in [-0.39, 0.29) is 12.1 Å². The van der Waals surface area contributed by atoms with Gasteiger partial charge in [-0.3, -0.25) is 0 Å². The highest BCUT2D eigenvalue weighted by atomic mass is 32.2. The van der Waals surface area contributed by atoms with Crippen molar-refractivity contribution in [2.24, 2.45) is 0 Å². The van der Waals surface area contributed by atoms with Crippen molar-refractivity contribution in [2.75, 3.05) is 12.0 Å². The number of cyclic esters (lactones) is 1. The van der Waals surface area contributed by atoms with Crippen molar-refractivity contribution in [2.45, 2.75) is 23.8 Å². The summed E-state index contributed by atoms with van der Waals surface area (Å²) in [4.78, 5) is 14.2. The number of esters is 1. The van der Waals surface area contributed by atoms with Crippen molar-refractivity contribution >= 4 is 29.5 Å². The van der Waals surface area contributed by atoms with Crippen molar-refractivity contribution in [1.82, 2.24) is 0 Å². The summed E-state index contributed by atoms with van der Waals surface area (Å²) in [5.74, 6) is 0.691. The van der Waals surface area contributed by atoms with Crippen LogP contribution in [-0.4, -0.2) is 18.0 Å². The van der Waals surface area contributed by atoms with Crippen LogP contribution in [0.4, 0.5) is 0 Å². The van der Waals surface area contributed by atoms with Crippen LogP contribution in [0.3, 0.4) is 0 Å². The third-order valence-corrected chi connectivity index (χ3v) is 5.74. The molecule has 2 nitrogen and oxygen atoms in total. The smallest absolute Gasteiger partial charge is 0.344 e. The minimum Gasteiger partial charge on any atom is -0.453 e. The first-order chi connectivity index (χ1) is 11.8. The van der Waals surface area contributed by atoms with Crippen LogP contribution < -0.4 is 0 Å². The maximum absolute atomic E-state index is 12.2. The van der Waals surface area contributed by atoms with E-state index in [1.165, 1.54) is 10.5 Å². The van der Waals surface area contributed by atoms with E-state index in [2.05, 4.69) is 30.5 Å². The number of hydrogen-bond donors (Lipinski definition) is 0. The van der Waals surface area contributed by atoms with Gasteiger partial charge in [0.25, 0.3) is 0 Å². The molecule has 24 heavy (non-hydrogen) atoms. The summed E-state index contributed by atoms with van der Waals surface area (Å²) in [5, 5.41) is 0. The van der Waals surface area contributed by atoms with Crippen LogP contribution in [-0.2, 0) is 16.0 Å². The predicted molar refractivity (Wildman–Crippen MR) is 102 cm³/mol. The highest BCUT2D eigenvalue weighted by Gasteiger charge is 2.24. The summed E-state index contributed by atoms with van der Waals surface area (Å²) in [6, 6.07) is 18.6. The summed E-state index contributed by atoms with van der Waals surface area (Å²) in [5.41, 5.74) is 2.35. The van der Waals surface area contributed by atoms with Crippen molar-refractivity contribution in [3.63, 3.8) is 0 Å². The molecule has 1 atom stereocenters. The zero-order chi connectivity index (χ0) is 16.8. The van der Waals surface area contributed by atoms with Gasteiger partial charge in [-0.25, -0.2) is 4.79 Å². The third kappa shape index (κ3) is 4.46. The highest BCUT2D eigenvalue weighted by molar-refractivity contribution is 8.03. The summed E-state index contributed by atoms with van der Waals surface area (Å²) >= 11 is 3.30. The van der Waals surface area contributed by atoms with E-state index in [9.17, 15) is 4.79 Å². The molecule has 0 bridgehead atoms. The Morgan fingerprint density at radius 1 is 1.08 bits per heavy atom. The van der Waals surface area contributed by atoms with Crippen LogP contribution >= 0.6 is 23.5 Å². The topological polar surface area (TPSA) is 26.3 Å². The van der Waals surface area contributed by atoms with E-state index < -0.39 is 0 Å². The molecule has 0 fully saturated rings. The number of ether oxygens (including phenoxy) is 1. The van der Waals surface area contributed by atoms with E-state index in [0.29, 0.717) is 0 Å². The van der Waals surface area contributed by atoms with Gasteiger partial charge in [0.05, 0.1) is 4.91 Å². The fraction of sp³-hybridized carbons (Fsp3) is 0.250. The molecular formula is C20H20O2S2. The lowest BCUT2D eigenvalue weighted by Gasteiger charge is -2.22. The minimum atomic E-state index is -0.196. The molecule has 1 aliphatic rings. The Balaban J connectivity index is 1.55. The molecule has 2 aromatic carbocycles. The number of benzene rings is 2. The van der Waals surface area contributed by atoms with E-state index in [0.717, 1.165) is 29.1 Å². The molecule has 1 aliphatic heterocycles. The molecular weight excluding hydrogens is 336 g/mol. The summed E-state index contributed by atoms with van der Waals surface area (Å²) in [6.45, 7) is 0. The molecule has 0 aliphatic carbocycles. The molecule has 0 N–H and O–H groups in total. The second-order valence-electron chi connectivity index (χ2n) is 5.56. The molecule has 4 heteroatoms. The quantitative estimate of drug-likeness (QED) is 0.521. The van der Waals surface area contributed by atoms with Gasteiger partial charge in [-0.05, 0) is 35.9 Å². The maximum Gasteiger partial charge on any atom is 0.344 e. The van der Waals surface area contributed by atoms with Gasteiger partial charge in [0.2, 0.25) is 0 Å². The second kappa shape index (κ2) is 8.45. The SMILES string of the molecule is CSc1ccc(C2CC=C(SCCc3ccccc3)C(=O)O2)cc1. The van der Waals surface area contributed by atoms with Crippen LogP contribution in [0, 0.1) is 0 Å². The van der Waals surface area contributed by atoms with Gasteiger partial charge >= 0.3 is 5.97 Å². The summed E-state index contributed by atoms with van der Waals surface area (Å²) < 4.78 is 5.63. The number of carbonyl (C=O) groups excluding carboxylic acids is 1. The van der Waals surface area contributed by atoms with Gasteiger partial charge in [-0.15, -0.1) is 23.5 Å². The molecule has 0 amide bonds. The summed E-state index contributed by atoms with van der Waals surface area (Å²) in [6.07, 6.45) is 5.62. The van der Waals surface area contributed by atoms with Crippen molar-refractivity contribution < 1.29 is 9.53 Å². The largest absolute Gasteiger partial charge is 0.453 e. The Bertz CT molecular complexity index is 708. The Kier molecular flexibility index (Phi) is 6.05. The average Bonchev–Trinajstić information content (AvgIpc) is 2.64. The van der Waals surface area contributed by atoms with Crippen LogP contribution in [0.5, 0.6) is 0 Å². The lowest BCUT2D eigenvalue weighted by Crippen LogP contribution is -2.17. The molecule has 124 valence electrons. The molecule has 0 saturated heterocycles. The molecule has 1 unspecified atom stereocenters. The van der Waals surface area contributed by atoms with Crippen LogP contribution in [0.1, 0.15) is 23.7 Å². The average molecular weight is 357 g/mol. The van der Waals surface area contributed by atoms with Crippen LogP contribution in [0.25, 0.3) is 0 Å². The second-order valence-corrected chi connectivity index (χ2v) is 7.57. The molecule has 0 spiro atoms. The van der Waals surface area contributed by atoms with Crippen LogP contribution in [0.2, 0.25) is 0 Å². The first kappa shape index (κ1) is 17.2. The molecule has 1 heterocycles. The Morgan fingerprint density at radius 3 is 2.50 bits per heavy atom. The third-order valence-electron chi connectivity index (χ3n) is 3.95. The number of thioether (sulfide) groups is 2. The zero-order valence-electron chi connectivity index (χ0n) is 13.6. The van der Waals surface area contributed by atoms with Gasteiger partial charge in [-0.1, -0.05) is 48.5 Å². The molecule has 0 radical (unpaired) electrons. The number of aryl methyl sites for hydroxylation is 1. The first-order valence-corrected chi connectivity index (χ1v) is 10.2. The lowest BCUT2D eigenvalue weighted by molar-refractivity contribution is -0.144. The highest BCUT2D eigenvalue weighted by Crippen LogP contribution is 2.32. The molecule has 2 aromatic rings. The van der Waals surface area contributed by atoms with Gasteiger partial charge in [0.15, 0.2) is 0 Å². The molecule has 0 saturated carbocycles. The normalized spacial score (nSPS) is 17.3. The fourth-order valence-corrected chi connectivity index (χ4v) is 3.94. The number of carbonyl (C=O) groups is 1. The Morgan fingerprint density at radius 2 is 1.83 bits per heavy atom. The molecule has 3 rings (SSSR count). The standard InChI is InChI=1S/C20H20O2S2/c1-23-17-9-7-16(8-10-17)18-11-12-19(20(21)22-18)24-14-13-15-5-3-2-4-6-15/h2-10,12,18H,11,13-14H2,1H3. The number of rotatable bonds is 6. The van der Waals surface area contributed by atoms with Crippen molar-refractivity contribution in [3.8, 4) is 0 Å². The van der Waals surface area contributed by atoms with E-state index in [1.54, 1.807) is 23.5 Å². The predicted octanol–water partition coefficient (Wildman–Crippen LogP) is 5.26. The minimum absolute atomic E-state index is 0.160. The van der Waals surface area contributed by atoms with E-state index in [1.807, 2.05) is 36.4 Å². The van der Waals surface area contributed by atoms with Crippen molar-refractivity contribution in [1.29, 1.82) is 0 Å². The van der Waals surface area contributed by atoms with Crippen molar-refractivity contribution in [3.05, 3.63) is 76.7 Å². The van der Waals surface area contributed by atoms with Gasteiger partial charge in [0.1, 0.15) is 6.10 Å². The first-order valence-electron chi connectivity index (χ1n) is 7.98. The number of hydrogen-bond acceptors (Lipinski definition) is 4. The monoisotopic (exact) mass is 356 g/mol. The van der Waals surface area contributed by atoms with Gasteiger partial charge in [-0.2, -0.15) is 0 Å². The molecule has 0 aromatic heterocycles. The van der Waals surface area contributed by atoms with E-state index in [4.69, 9.17) is 4.74 Å². The Labute approximate surface area is 151 Å². The summed E-state index contributed by atoms with van der Waals surface area (Å²) in [7, 11) is 0.